The van der Waals surface area contributed by atoms with E-state index < -0.39 is 79.8 Å². The van der Waals surface area contributed by atoms with E-state index in [0.717, 1.165) is 27.7 Å². The Morgan fingerprint density at radius 2 is 1.35 bits per heavy atom. The van der Waals surface area contributed by atoms with Crippen LogP contribution in [0.2, 0.25) is 0 Å². The van der Waals surface area contributed by atoms with Gasteiger partial charge in [-0.2, -0.15) is 13.2 Å². The lowest BCUT2D eigenvalue weighted by molar-refractivity contribution is -0.308. The number of rotatable bonds is 10. The summed E-state index contributed by atoms with van der Waals surface area (Å²) >= 11 is 0. The van der Waals surface area contributed by atoms with E-state index in [-0.39, 0.29) is 13.0 Å². The van der Waals surface area contributed by atoms with Crippen molar-refractivity contribution >= 4 is 29.8 Å². The molecule has 0 aromatic rings. The largest absolute Gasteiger partial charge is 0.471 e. The Kier molecular flexibility index (Phi) is 11.2. The first-order valence-electron chi connectivity index (χ1n) is 9.99. The van der Waals surface area contributed by atoms with Gasteiger partial charge >= 0.3 is 36.0 Å². The molecule has 1 aliphatic heterocycles. The molecule has 1 fully saturated rings. The topological polar surface area (TPSA) is 153 Å². The van der Waals surface area contributed by atoms with Gasteiger partial charge in [0, 0.05) is 34.2 Å². The van der Waals surface area contributed by atoms with E-state index in [1.54, 1.807) is 5.32 Å². The van der Waals surface area contributed by atoms with Crippen molar-refractivity contribution < 1.29 is 65.6 Å². The van der Waals surface area contributed by atoms with Crippen LogP contribution in [0.25, 0.3) is 0 Å². The zero-order chi connectivity index (χ0) is 26.1. The van der Waals surface area contributed by atoms with E-state index in [4.69, 9.17) is 28.4 Å². The molecule has 3 unspecified atom stereocenters. The van der Waals surface area contributed by atoms with Crippen molar-refractivity contribution in [3.63, 3.8) is 0 Å². The maximum Gasteiger partial charge on any atom is 0.471 e. The molecule has 15 heteroatoms. The summed E-state index contributed by atoms with van der Waals surface area (Å²) < 4.78 is 68.3. The van der Waals surface area contributed by atoms with E-state index in [2.05, 4.69) is 0 Å². The van der Waals surface area contributed by atoms with Gasteiger partial charge in [-0.3, -0.25) is 24.0 Å². The lowest BCUT2D eigenvalue weighted by Gasteiger charge is -2.44. The number of hydrogen-bond donors (Lipinski definition) is 1. The van der Waals surface area contributed by atoms with Crippen LogP contribution in [0, 0.1) is 0 Å². The summed E-state index contributed by atoms with van der Waals surface area (Å²) in [4.78, 5) is 57.1. The summed E-state index contributed by atoms with van der Waals surface area (Å²) in [6.45, 7) is 3.12. The van der Waals surface area contributed by atoms with Gasteiger partial charge in [-0.15, -0.1) is 0 Å². The fraction of sp³-hybridized carbons (Fsp3) is 0.737. The molecule has 1 saturated heterocycles. The highest BCUT2D eigenvalue weighted by Gasteiger charge is 2.52. The predicted octanol–water partition coefficient (Wildman–Crippen LogP) is 0.155. The number of alkyl halides is 3. The fourth-order valence-corrected chi connectivity index (χ4v) is 2.90. The molecule has 1 rings (SSSR count). The molecule has 1 amide bonds. The van der Waals surface area contributed by atoms with Crippen LogP contribution >= 0.6 is 0 Å². The third-order valence-electron chi connectivity index (χ3n) is 4.09. The van der Waals surface area contributed by atoms with Crippen molar-refractivity contribution in [2.24, 2.45) is 0 Å². The molecule has 194 valence electrons. The molecule has 0 spiro atoms. The van der Waals surface area contributed by atoms with Crippen molar-refractivity contribution in [1.29, 1.82) is 0 Å². The normalized spacial score (nSPS) is 24.5. The number of amides is 1. The molecule has 34 heavy (non-hydrogen) atoms. The van der Waals surface area contributed by atoms with Crippen LogP contribution < -0.4 is 5.32 Å². The van der Waals surface area contributed by atoms with E-state index in [1.807, 2.05) is 0 Å². The van der Waals surface area contributed by atoms with Gasteiger partial charge in [0.1, 0.15) is 12.7 Å². The molecule has 0 aromatic heterocycles. The molecule has 1 N–H and O–H groups in total. The van der Waals surface area contributed by atoms with Gasteiger partial charge in [-0.05, 0) is 6.42 Å². The Balaban J connectivity index is 3.04. The number of esters is 4. The predicted molar refractivity (Wildman–Crippen MR) is 102 cm³/mol. The van der Waals surface area contributed by atoms with Gasteiger partial charge in [-0.1, -0.05) is 0 Å². The highest BCUT2D eigenvalue weighted by Crippen LogP contribution is 2.30. The third-order valence-corrected chi connectivity index (χ3v) is 4.09. The van der Waals surface area contributed by atoms with Crippen LogP contribution in [0.15, 0.2) is 0 Å². The zero-order valence-electron chi connectivity index (χ0n) is 18.8. The minimum Gasteiger partial charge on any atom is -0.463 e. The number of ether oxygens (including phenoxy) is 6. The van der Waals surface area contributed by atoms with Crippen molar-refractivity contribution in [2.75, 3.05) is 19.8 Å². The lowest BCUT2D eigenvalue weighted by Crippen LogP contribution is -2.63. The van der Waals surface area contributed by atoms with Crippen molar-refractivity contribution in [2.45, 2.75) is 71.0 Å². The van der Waals surface area contributed by atoms with Crippen molar-refractivity contribution in [1.82, 2.24) is 5.32 Å². The van der Waals surface area contributed by atoms with Crippen LogP contribution in [0.4, 0.5) is 13.2 Å². The third kappa shape index (κ3) is 9.91. The Morgan fingerprint density at radius 1 is 0.824 bits per heavy atom. The fourth-order valence-electron chi connectivity index (χ4n) is 2.90. The average Bonchev–Trinajstić information content (AvgIpc) is 2.68. The minimum absolute atomic E-state index is 0.102. The molecule has 1 aliphatic rings. The Morgan fingerprint density at radius 3 is 1.85 bits per heavy atom. The lowest BCUT2D eigenvalue weighted by atomic mass is 9.98. The van der Waals surface area contributed by atoms with E-state index >= 15 is 0 Å². The van der Waals surface area contributed by atoms with Gasteiger partial charge in [-0.25, -0.2) is 0 Å². The number of carbonyl (C=O) groups is 5. The van der Waals surface area contributed by atoms with Crippen LogP contribution in [-0.4, -0.2) is 86.4 Å². The van der Waals surface area contributed by atoms with Crippen molar-refractivity contribution in [3.05, 3.63) is 0 Å². The first-order chi connectivity index (χ1) is 15.7. The monoisotopic (exact) mass is 501 g/mol. The highest BCUT2D eigenvalue weighted by atomic mass is 19.4. The van der Waals surface area contributed by atoms with Gasteiger partial charge in [0.2, 0.25) is 0 Å². The second-order valence-electron chi connectivity index (χ2n) is 7.05. The van der Waals surface area contributed by atoms with E-state index in [0.29, 0.717) is 0 Å². The molecule has 0 aliphatic carbocycles. The number of halogens is 3. The summed E-state index contributed by atoms with van der Waals surface area (Å²) in [6.07, 6.45) is -12.1. The molecular formula is C19H26F3NO11. The van der Waals surface area contributed by atoms with Gasteiger partial charge in [0.05, 0.1) is 6.61 Å². The molecule has 12 nitrogen and oxygen atoms in total. The Bertz CT molecular complexity index is 758. The summed E-state index contributed by atoms with van der Waals surface area (Å²) in [5.74, 6) is -5.30. The first-order valence-corrected chi connectivity index (χ1v) is 9.99. The molecule has 0 saturated carbocycles. The summed E-state index contributed by atoms with van der Waals surface area (Å²) in [7, 11) is 0. The molecule has 0 aromatic carbocycles. The van der Waals surface area contributed by atoms with Crippen LogP contribution in [0.3, 0.4) is 0 Å². The number of nitrogens with one attached hydrogen (secondary N) is 1. The summed E-state index contributed by atoms with van der Waals surface area (Å²) in [5, 5.41) is 1.65. The zero-order valence-corrected chi connectivity index (χ0v) is 18.8. The van der Waals surface area contributed by atoms with Crippen LogP contribution in [0.1, 0.15) is 34.1 Å². The van der Waals surface area contributed by atoms with Crippen LogP contribution in [0.5, 0.6) is 0 Å². The maximum atomic E-state index is 12.2. The first kappa shape index (κ1) is 29.1. The average molecular weight is 501 g/mol. The Labute approximate surface area is 192 Å². The molecule has 1 heterocycles. The van der Waals surface area contributed by atoms with E-state index in [9.17, 15) is 37.1 Å². The van der Waals surface area contributed by atoms with Gasteiger partial charge in [0.15, 0.2) is 24.6 Å². The van der Waals surface area contributed by atoms with E-state index in [1.165, 1.54) is 0 Å². The standard InChI is InChI=1S/C19H26F3NO11/c1-9(24)30-8-13-14(31-10(2)25)15(32-11(3)26)16(33-12(4)27)17(34-13)29-7-5-6-23-18(28)19(20,21)22/h13-17H,5-8H2,1-4H3,(H,23,28)/t13?,14-,15?,16?,17-/m1/s1. The Hall–Kier alpha value is -2.94. The molecular weight excluding hydrogens is 475 g/mol. The van der Waals surface area contributed by atoms with Crippen LogP contribution in [-0.2, 0) is 52.4 Å². The smallest absolute Gasteiger partial charge is 0.463 e. The van der Waals surface area contributed by atoms with Gasteiger partial charge < -0.3 is 33.7 Å². The summed E-state index contributed by atoms with van der Waals surface area (Å²) in [5.41, 5.74) is 0. The number of hydrogen-bond acceptors (Lipinski definition) is 11. The number of carbonyl (C=O) groups excluding carboxylic acids is 5. The highest BCUT2D eigenvalue weighted by molar-refractivity contribution is 5.81. The second-order valence-corrected chi connectivity index (χ2v) is 7.05. The molecule has 5 atom stereocenters. The van der Waals surface area contributed by atoms with Gasteiger partial charge in [0.25, 0.3) is 0 Å². The molecule has 0 radical (unpaired) electrons. The SMILES string of the molecule is CC(=O)OCC1O[C@@H](OCCCNC(=O)C(F)(F)F)C(OC(C)=O)C(OC(C)=O)[C@@H]1OC(C)=O. The quantitative estimate of drug-likeness (QED) is 0.247. The van der Waals surface area contributed by atoms with Crippen molar-refractivity contribution in [3.8, 4) is 0 Å². The molecule has 0 bridgehead atoms. The summed E-state index contributed by atoms with van der Waals surface area (Å²) in [6, 6.07) is 0. The minimum atomic E-state index is -5.04. The second kappa shape index (κ2) is 13.1. The maximum absolute atomic E-state index is 12.2.